The highest BCUT2D eigenvalue weighted by atomic mass is 16.1. The average molecular weight is 165 g/mol. The molecule has 1 aliphatic heterocycles. The lowest BCUT2D eigenvalue weighted by Crippen LogP contribution is -2.25. The Kier molecular flexibility index (Phi) is 2.70. The molecule has 12 heavy (non-hydrogen) atoms. The Hall–Kier alpha value is -1.50. The van der Waals surface area contributed by atoms with Gasteiger partial charge in [-0.15, -0.1) is 0 Å². The summed E-state index contributed by atoms with van der Waals surface area (Å²) >= 11 is 0. The van der Waals surface area contributed by atoms with Crippen molar-refractivity contribution in [1.82, 2.24) is 5.32 Å². The molecule has 0 aromatic heterocycles. The number of hydrogen-bond acceptors (Lipinski definition) is 3. The molecule has 1 heterocycles. The van der Waals surface area contributed by atoms with Crippen LogP contribution in [0.4, 0.5) is 0 Å². The van der Waals surface area contributed by atoms with Gasteiger partial charge in [0.1, 0.15) is 11.6 Å². The SMILES string of the molecule is N#C/C(C(N)=O)=C1/CCCCN1. The second-order valence-corrected chi connectivity index (χ2v) is 2.71. The van der Waals surface area contributed by atoms with Crippen LogP contribution in [-0.4, -0.2) is 12.5 Å². The fourth-order valence-electron chi connectivity index (χ4n) is 1.24. The number of nitrogens with zero attached hydrogens (tertiary/aromatic N) is 1. The largest absolute Gasteiger partial charge is 0.387 e. The maximum absolute atomic E-state index is 10.7. The highest BCUT2D eigenvalue weighted by Crippen LogP contribution is 2.13. The molecule has 0 aromatic carbocycles. The lowest BCUT2D eigenvalue weighted by Gasteiger charge is -2.16. The third kappa shape index (κ3) is 1.76. The fourth-order valence-corrected chi connectivity index (χ4v) is 1.24. The second kappa shape index (κ2) is 3.77. The quantitative estimate of drug-likeness (QED) is 0.424. The van der Waals surface area contributed by atoms with Crippen LogP contribution >= 0.6 is 0 Å². The van der Waals surface area contributed by atoms with E-state index in [9.17, 15) is 4.79 Å². The Bertz CT molecular complexity index is 254. The number of piperidine rings is 1. The van der Waals surface area contributed by atoms with Gasteiger partial charge in [-0.2, -0.15) is 5.26 Å². The Morgan fingerprint density at radius 3 is 2.75 bits per heavy atom. The number of allylic oxidation sites excluding steroid dienone is 1. The molecule has 4 nitrogen and oxygen atoms in total. The van der Waals surface area contributed by atoms with E-state index in [1.54, 1.807) is 0 Å². The number of amides is 1. The average Bonchev–Trinajstić information content (AvgIpc) is 2.07. The van der Waals surface area contributed by atoms with Gasteiger partial charge >= 0.3 is 0 Å². The third-order valence-corrected chi connectivity index (χ3v) is 1.85. The van der Waals surface area contributed by atoms with E-state index in [-0.39, 0.29) is 5.57 Å². The predicted octanol–water partition coefficient (Wildman–Crippen LogP) is 0.0229. The molecule has 0 atom stereocenters. The number of nitrogens with one attached hydrogen (secondary N) is 1. The molecular formula is C8H11N3O. The Morgan fingerprint density at radius 2 is 2.33 bits per heavy atom. The maximum atomic E-state index is 10.7. The van der Waals surface area contributed by atoms with Crippen LogP contribution in [0.1, 0.15) is 19.3 Å². The van der Waals surface area contributed by atoms with Crippen molar-refractivity contribution in [2.24, 2.45) is 5.73 Å². The van der Waals surface area contributed by atoms with Gasteiger partial charge in [0.05, 0.1) is 0 Å². The Balaban J connectivity index is 2.84. The van der Waals surface area contributed by atoms with Crippen LogP contribution in [0.15, 0.2) is 11.3 Å². The summed E-state index contributed by atoms with van der Waals surface area (Å²) in [6.45, 7) is 0.827. The maximum Gasteiger partial charge on any atom is 0.261 e. The van der Waals surface area contributed by atoms with Crippen LogP contribution in [0.2, 0.25) is 0 Å². The zero-order chi connectivity index (χ0) is 8.97. The van der Waals surface area contributed by atoms with Gasteiger partial charge in [-0.05, 0) is 19.3 Å². The van der Waals surface area contributed by atoms with Crippen molar-refractivity contribution < 1.29 is 4.79 Å². The minimum absolute atomic E-state index is 0.0784. The van der Waals surface area contributed by atoms with Crippen LogP contribution < -0.4 is 11.1 Å². The first kappa shape index (κ1) is 8.60. The summed E-state index contributed by atoms with van der Waals surface area (Å²) in [5, 5.41) is 11.6. The highest BCUT2D eigenvalue weighted by Gasteiger charge is 2.13. The monoisotopic (exact) mass is 165 g/mol. The van der Waals surface area contributed by atoms with Crippen molar-refractivity contribution in [3.8, 4) is 6.07 Å². The molecule has 4 heteroatoms. The van der Waals surface area contributed by atoms with Gasteiger partial charge in [-0.1, -0.05) is 0 Å². The number of hydrogen-bond donors (Lipinski definition) is 2. The van der Waals surface area contributed by atoms with E-state index >= 15 is 0 Å². The van der Waals surface area contributed by atoms with Crippen LogP contribution in [0.3, 0.4) is 0 Å². The number of primary amides is 1. The van der Waals surface area contributed by atoms with Gasteiger partial charge in [-0.25, -0.2) is 0 Å². The number of carbonyl (C=O) groups is 1. The van der Waals surface area contributed by atoms with Crippen LogP contribution in [0, 0.1) is 11.3 Å². The molecule has 1 amide bonds. The molecule has 0 radical (unpaired) electrons. The number of rotatable bonds is 1. The summed E-state index contributed by atoms with van der Waals surface area (Å²) in [6, 6.07) is 1.81. The minimum atomic E-state index is -0.637. The van der Waals surface area contributed by atoms with Gasteiger partial charge in [-0.3, -0.25) is 4.79 Å². The van der Waals surface area contributed by atoms with Gasteiger partial charge < -0.3 is 11.1 Å². The van der Waals surface area contributed by atoms with Gasteiger partial charge in [0.2, 0.25) is 0 Å². The summed E-state index contributed by atoms with van der Waals surface area (Å²) < 4.78 is 0. The van der Waals surface area contributed by atoms with Crippen molar-refractivity contribution in [2.75, 3.05) is 6.54 Å². The summed E-state index contributed by atoms with van der Waals surface area (Å²) in [5.74, 6) is -0.637. The van der Waals surface area contributed by atoms with Gasteiger partial charge in [0.15, 0.2) is 0 Å². The summed E-state index contributed by atoms with van der Waals surface area (Å²) in [6.07, 6.45) is 2.85. The topological polar surface area (TPSA) is 78.9 Å². The number of nitrogens with two attached hydrogens (primary N) is 1. The Labute approximate surface area is 71.0 Å². The van der Waals surface area contributed by atoms with Gasteiger partial charge in [0, 0.05) is 12.2 Å². The predicted molar refractivity (Wildman–Crippen MR) is 43.7 cm³/mol. The fraction of sp³-hybridized carbons (Fsp3) is 0.500. The smallest absolute Gasteiger partial charge is 0.261 e. The zero-order valence-electron chi connectivity index (χ0n) is 6.76. The lowest BCUT2D eigenvalue weighted by molar-refractivity contribution is -0.114. The molecule has 1 fully saturated rings. The van der Waals surface area contributed by atoms with E-state index in [2.05, 4.69) is 5.32 Å². The molecule has 1 aliphatic rings. The molecule has 1 rings (SSSR count). The number of carbonyl (C=O) groups excluding carboxylic acids is 1. The first-order valence-corrected chi connectivity index (χ1v) is 3.92. The first-order valence-electron chi connectivity index (χ1n) is 3.92. The second-order valence-electron chi connectivity index (χ2n) is 2.71. The van der Waals surface area contributed by atoms with E-state index in [1.165, 1.54) is 0 Å². The molecule has 0 aromatic rings. The summed E-state index contributed by atoms with van der Waals surface area (Å²) in [7, 11) is 0. The van der Waals surface area contributed by atoms with Crippen molar-refractivity contribution in [3.63, 3.8) is 0 Å². The van der Waals surface area contributed by atoms with Crippen LogP contribution in [-0.2, 0) is 4.79 Å². The van der Waals surface area contributed by atoms with Crippen LogP contribution in [0.25, 0.3) is 0 Å². The van der Waals surface area contributed by atoms with E-state index < -0.39 is 5.91 Å². The lowest BCUT2D eigenvalue weighted by atomic mass is 10.1. The molecule has 0 unspecified atom stereocenters. The van der Waals surface area contributed by atoms with Crippen molar-refractivity contribution in [2.45, 2.75) is 19.3 Å². The van der Waals surface area contributed by atoms with E-state index in [0.29, 0.717) is 5.70 Å². The zero-order valence-corrected chi connectivity index (χ0v) is 6.76. The van der Waals surface area contributed by atoms with E-state index in [0.717, 1.165) is 25.8 Å². The van der Waals surface area contributed by atoms with Crippen molar-refractivity contribution in [1.29, 1.82) is 5.26 Å². The number of nitriles is 1. The highest BCUT2D eigenvalue weighted by molar-refractivity contribution is 5.96. The standard InChI is InChI=1S/C8H11N3O/c9-5-6(8(10)12)7-3-1-2-4-11-7/h11H,1-4H2,(H2,10,12)/b7-6+. The molecule has 0 bridgehead atoms. The van der Waals surface area contributed by atoms with Gasteiger partial charge in [0.25, 0.3) is 5.91 Å². The van der Waals surface area contributed by atoms with Crippen LogP contribution in [0.5, 0.6) is 0 Å². The van der Waals surface area contributed by atoms with E-state index in [4.69, 9.17) is 11.0 Å². The molecular weight excluding hydrogens is 154 g/mol. The van der Waals surface area contributed by atoms with E-state index in [1.807, 2.05) is 6.07 Å². The minimum Gasteiger partial charge on any atom is -0.387 e. The molecule has 0 spiro atoms. The molecule has 64 valence electrons. The Morgan fingerprint density at radius 1 is 1.58 bits per heavy atom. The first-order chi connectivity index (χ1) is 5.75. The molecule has 0 aliphatic carbocycles. The molecule has 1 saturated heterocycles. The normalized spacial score (nSPS) is 20.6. The molecule has 0 saturated carbocycles. The summed E-state index contributed by atoms with van der Waals surface area (Å²) in [5.41, 5.74) is 5.80. The van der Waals surface area contributed by atoms with Crippen molar-refractivity contribution >= 4 is 5.91 Å². The molecule has 3 N–H and O–H groups in total. The summed E-state index contributed by atoms with van der Waals surface area (Å²) in [4.78, 5) is 10.7. The van der Waals surface area contributed by atoms with Crippen molar-refractivity contribution in [3.05, 3.63) is 11.3 Å². The third-order valence-electron chi connectivity index (χ3n) is 1.85.